The monoisotopic (exact) mass is 422 g/mol. The third kappa shape index (κ3) is 6.14. The summed E-state index contributed by atoms with van der Waals surface area (Å²) < 4.78 is 42.4. The number of sulfonamides is 1. The molecule has 0 spiro atoms. The van der Waals surface area contributed by atoms with Crippen LogP contribution in [-0.2, 0) is 30.8 Å². The molecule has 2 heterocycles. The van der Waals surface area contributed by atoms with E-state index in [-0.39, 0.29) is 23.1 Å². The summed E-state index contributed by atoms with van der Waals surface area (Å²) in [4.78, 5) is 23.8. The molecule has 1 aromatic carbocycles. The molecule has 0 radical (unpaired) electrons. The lowest BCUT2D eigenvalue weighted by atomic mass is 10.2. The summed E-state index contributed by atoms with van der Waals surface area (Å²) in [6.45, 7) is 0.671. The normalized spacial score (nSPS) is 16.5. The van der Waals surface area contributed by atoms with Crippen molar-refractivity contribution in [2.45, 2.75) is 30.4 Å². The zero-order valence-electron chi connectivity index (χ0n) is 15.6. The van der Waals surface area contributed by atoms with Gasteiger partial charge in [0.1, 0.15) is 5.76 Å². The van der Waals surface area contributed by atoms with Gasteiger partial charge in [0, 0.05) is 13.2 Å². The summed E-state index contributed by atoms with van der Waals surface area (Å²) in [5.41, 5.74) is 0.141. The average Bonchev–Trinajstić information content (AvgIpc) is 3.43. The fourth-order valence-electron chi connectivity index (χ4n) is 2.73. The molecule has 29 heavy (non-hydrogen) atoms. The third-order valence-electron chi connectivity index (χ3n) is 4.30. The Hall–Kier alpha value is -2.69. The molecule has 0 bridgehead atoms. The highest BCUT2D eigenvalue weighted by atomic mass is 32.2. The van der Waals surface area contributed by atoms with Crippen LogP contribution in [-0.4, -0.2) is 46.2 Å². The Morgan fingerprint density at radius 2 is 1.97 bits per heavy atom. The number of benzene rings is 1. The third-order valence-corrected chi connectivity index (χ3v) is 5.72. The van der Waals surface area contributed by atoms with E-state index in [0.717, 1.165) is 12.8 Å². The number of nitrogens with one attached hydrogen (secondary N) is 2. The molecule has 156 valence electrons. The van der Waals surface area contributed by atoms with Gasteiger partial charge in [-0.3, -0.25) is 4.79 Å². The van der Waals surface area contributed by atoms with Crippen molar-refractivity contribution in [3.05, 3.63) is 54.0 Å². The van der Waals surface area contributed by atoms with Crippen LogP contribution < -0.4 is 10.0 Å². The fraction of sp³-hybridized carbons (Fsp3) is 0.368. The van der Waals surface area contributed by atoms with Gasteiger partial charge >= 0.3 is 5.97 Å². The molecular formula is C19H22N2O7S. The SMILES string of the molecule is O=C(COC(=O)c1ccc(S(=O)(=O)NCc2ccco2)cc1)NC[C@@H]1CCCO1. The van der Waals surface area contributed by atoms with Crippen molar-refractivity contribution in [1.29, 1.82) is 0 Å². The summed E-state index contributed by atoms with van der Waals surface area (Å²) in [7, 11) is -3.76. The van der Waals surface area contributed by atoms with Gasteiger partial charge in [-0.1, -0.05) is 0 Å². The lowest BCUT2D eigenvalue weighted by Crippen LogP contribution is -2.34. The van der Waals surface area contributed by atoms with Crippen molar-refractivity contribution in [2.75, 3.05) is 19.8 Å². The van der Waals surface area contributed by atoms with Crippen LogP contribution in [0.2, 0.25) is 0 Å². The van der Waals surface area contributed by atoms with Crippen molar-refractivity contribution >= 4 is 21.9 Å². The lowest BCUT2D eigenvalue weighted by molar-refractivity contribution is -0.124. The van der Waals surface area contributed by atoms with Gasteiger partial charge in [0.15, 0.2) is 6.61 Å². The molecule has 0 saturated carbocycles. The zero-order valence-corrected chi connectivity index (χ0v) is 16.4. The smallest absolute Gasteiger partial charge is 0.338 e. The van der Waals surface area contributed by atoms with Gasteiger partial charge in [0.25, 0.3) is 5.91 Å². The Kier molecular flexibility index (Phi) is 7.02. The fourth-order valence-corrected chi connectivity index (χ4v) is 3.72. The van der Waals surface area contributed by atoms with E-state index in [1.165, 1.54) is 30.5 Å². The molecule has 10 heteroatoms. The highest BCUT2D eigenvalue weighted by Crippen LogP contribution is 2.13. The quantitative estimate of drug-likeness (QED) is 0.582. The number of ether oxygens (including phenoxy) is 2. The van der Waals surface area contributed by atoms with Crippen LogP contribution in [0.1, 0.15) is 29.0 Å². The predicted molar refractivity (Wildman–Crippen MR) is 101 cm³/mol. The number of rotatable bonds is 9. The van der Waals surface area contributed by atoms with Crippen molar-refractivity contribution < 1.29 is 31.9 Å². The number of furan rings is 1. The number of carbonyl (C=O) groups is 2. The molecule has 1 fully saturated rings. The summed E-state index contributed by atoms with van der Waals surface area (Å²) in [5.74, 6) is -0.661. The molecule has 0 aliphatic carbocycles. The first-order chi connectivity index (χ1) is 13.9. The first-order valence-corrected chi connectivity index (χ1v) is 10.6. The largest absolute Gasteiger partial charge is 0.468 e. The van der Waals surface area contributed by atoms with Crippen LogP contribution in [0.5, 0.6) is 0 Å². The van der Waals surface area contributed by atoms with Crippen LogP contribution in [0.4, 0.5) is 0 Å². The molecule has 2 N–H and O–H groups in total. The number of hydrogen-bond donors (Lipinski definition) is 2. The topological polar surface area (TPSA) is 124 Å². The minimum atomic E-state index is -3.76. The molecule has 1 aliphatic heterocycles. The molecule has 1 amide bonds. The second-order valence-corrected chi connectivity index (χ2v) is 8.21. The summed E-state index contributed by atoms with van der Waals surface area (Å²) >= 11 is 0. The standard InChI is InChI=1S/C19H22N2O7S/c22-18(20-11-15-3-1-9-26-15)13-28-19(23)14-5-7-17(8-6-14)29(24,25)21-12-16-4-2-10-27-16/h2,4-8,10,15,21H,1,3,9,11-13H2,(H,20,22)/t15-/m0/s1. The van der Waals surface area contributed by atoms with Crippen molar-refractivity contribution in [3.8, 4) is 0 Å². The molecule has 3 rings (SSSR count). The minimum absolute atomic E-state index is 0.00471. The van der Waals surface area contributed by atoms with Crippen LogP contribution in [0.15, 0.2) is 52.0 Å². The van der Waals surface area contributed by atoms with Crippen LogP contribution in [0, 0.1) is 0 Å². The second-order valence-electron chi connectivity index (χ2n) is 6.44. The van der Waals surface area contributed by atoms with Crippen molar-refractivity contribution in [3.63, 3.8) is 0 Å². The molecular weight excluding hydrogens is 400 g/mol. The summed E-state index contributed by atoms with van der Waals surface area (Å²) in [6.07, 6.45) is 3.32. The van der Waals surface area contributed by atoms with Crippen LogP contribution >= 0.6 is 0 Å². The minimum Gasteiger partial charge on any atom is -0.468 e. The number of amides is 1. The molecule has 1 atom stereocenters. The van der Waals surface area contributed by atoms with E-state index in [2.05, 4.69) is 10.0 Å². The van der Waals surface area contributed by atoms with E-state index in [4.69, 9.17) is 13.9 Å². The molecule has 1 aromatic heterocycles. The van der Waals surface area contributed by atoms with E-state index in [0.29, 0.717) is 18.9 Å². The van der Waals surface area contributed by atoms with Crippen molar-refractivity contribution in [1.82, 2.24) is 10.0 Å². The van der Waals surface area contributed by atoms with Crippen molar-refractivity contribution in [2.24, 2.45) is 0 Å². The Balaban J connectivity index is 1.46. The number of carbonyl (C=O) groups excluding carboxylic acids is 2. The van der Waals surface area contributed by atoms with Gasteiger partial charge in [-0.2, -0.15) is 0 Å². The summed E-state index contributed by atoms with van der Waals surface area (Å²) in [6, 6.07) is 8.55. The highest BCUT2D eigenvalue weighted by molar-refractivity contribution is 7.89. The Labute approximate surface area is 168 Å². The first kappa shape index (κ1) is 21.0. The predicted octanol–water partition coefficient (Wildman–Crippen LogP) is 1.21. The van der Waals surface area contributed by atoms with Gasteiger partial charge in [0.05, 0.1) is 29.4 Å². The Morgan fingerprint density at radius 3 is 2.62 bits per heavy atom. The second kappa shape index (κ2) is 9.68. The van der Waals surface area contributed by atoms with Gasteiger partial charge in [-0.05, 0) is 49.2 Å². The highest BCUT2D eigenvalue weighted by Gasteiger charge is 2.18. The first-order valence-electron chi connectivity index (χ1n) is 9.11. The number of esters is 1. The molecule has 0 unspecified atom stereocenters. The maximum Gasteiger partial charge on any atom is 0.338 e. The molecule has 1 aliphatic rings. The lowest BCUT2D eigenvalue weighted by Gasteiger charge is -2.11. The van der Waals surface area contributed by atoms with Gasteiger partial charge < -0.3 is 19.2 Å². The Morgan fingerprint density at radius 1 is 1.17 bits per heavy atom. The van der Waals surface area contributed by atoms with E-state index in [1.54, 1.807) is 12.1 Å². The van der Waals surface area contributed by atoms with E-state index in [1.807, 2.05) is 0 Å². The van der Waals surface area contributed by atoms with E-state index < -0.39 is 28.5 Å². The zero-order chi connectivity index (χ0) is 20.7. The molecule has 2 aromatic rings. The van der Waals surface area contributed by atoms with Crippen LogP contribution in [0.3, 0.4) is 0 Å². The van der Waals surface area contributed by atoms with Crippen LogP contribution in [0.25, 0.3) is 0 Å². The van der Waals surface area contributed by atoms with E-state index in [9.17, 15) is 18.0 Å². The summed E-state index contributed by atoms with van der Waals surface area (Å²) in [5, 5.41) is 2.65. The van der Waals surface area contributed by atoms with Gasteiger partial charge in [-0.15, -0.1) is 0 Å². The average molecular weight is 422 g/mol. The van der Waals surface area contributed by atoms with E-state index >= 15 is 0 Å². The Bertz CT molecular complexity index is 918. The number of hydrogen-bond acceptors (Lipinski definition) is 7. The van der Waals surface area contributed by atoms with Gasteiger partial charge in [-0.25, -0.2) is 17.9 Å². The maximum atomic E-state index is 12.3. The molecule has 1 saturated heterocycles. The van der Waals surface area contributed by atoms with Gasteiger partial charge in [0.2, 0.25) is 10.0 Å². The maximum absolute atomic E-state index is 12.3. The molecule has 9 nitrogen and oxygen atoms in total.